The van der Waals surface area contributed by atoms with Crippen LogP contribution in [0.1, 0.15) is 62.7 Å². The van der Waals surface area contributed by atoms with Crippen LogP contribution in [-0.4, -0.2) is 53.9 Å². The molecule has 0 radical (unpaired) electrons. The van der Waals surface area contributed by atoms with Gasteiger partial charge >= 0.3 is 5.97 Å². The molecule has 1 heterocycles. The van der Waals surface area contributed by atoms with Gasteiger partial charge in [0.05, 0.1) is 25.8 Å². The van der Waals surface area contributed by atoms with Crippen molar-refractivity contribution in [2.75, 3.05) is 20.8 Å². The summed E-state index contributed by atoms with van der Waals surface area (Å²) in [6.45, 7) is 7.60. The standard InChI is InChI=1S/C23H30N2O5/c1-8-13-25(22(27)17-11-9-10-12-18(17)29-6)16(4)21(26)19-14(2)20(23(28)30-7)24(5)15(19)3/h9-12,16H,8,13H2,1-7H3/t16-/m1/s1. The van der Waals surface area contributed by atoms with Crippen molar-refractivity contribution in [1.82, 2.24) is 9.47 Å². The highest BCUT2D eigenvalue weighted by molar-refractivity contribution is 6.08. The molecule has 7 nitrogen and oxygen atoms in total. The van der Waals surface area contributed by atoms with E-state index < -0.39 is 12.0 Å². The Morgan fingerprint density at radius 2 is 1.77 bits per heavy atom. The first-order valence-electron chi connectivity index (χ1n) is 9.93. The topological polar surface area (TPSA) is 77.8 Å². The lowest BCUT2D eigenvalue weighted by molar-refractivity contribution is 0.0587. The van der Waals surface area contributed by atoms with E-state index >= 15 is 0 Å². The van der Waals surface area contributed by atoms with Crippen molar-refractivity contribution in [3.8, 4) is 5.75 Å². The maximum atomic E-state index is 13.5. The van der Waals surface area contributed by atoms with Gasteiger partial charge in [-0.05, 0) is 44.9 Å². The highest BCUT2D eigenvalue weighted by Gasteiger charge is 2.33. The lowest BCUT2D eigenvalue weighted by Crippen LogP contribution is -2.44. The predicted octanol–water partition coefficient (Wildman–Crippen LogP) is 3.56. The number of hydrogen-bond donors (Lipinski definition) is 0. The van der Waals surface area contributed by atoms with E-state index in [1.54, 1.807) is 61.6 Å². The van der Waals surface area contributed by atoms with Crippen LogP contribution in [0.5, 0.6) is 5.75 Å². The minimum absolute atomic E-state index is 0.215. The van der Waals surface area contributed by atoms with Crippen LogP contribution in [0.2, 0.25) is 0 Å². The average molecular weight is 415 g/mol. The minimum atomic E-state index is -0.715. The summed E-state index contributed by atoms with van der Waals surface area (Å²) in [4.78, 5) is 40.5. The molecule has 0 aliphatic carbocycles. The summed E-state index contributed by atoms with van der Waals surface area (Å²) >= 11 is 0. The summed E-state index contributed by atoms with van der Waals surface area (Å²) < 4.78 is 11.9. The first-order valence-corrected chi connectivity index (χ1v) is 9.93. The van der Waals surface area contributed by atoms with E-state index in [-0.39, 0.29) is 11.7 Å². The zero-order valence-electron chi connectivity index (χ0n) is 18.7. The molecule has 0 N–H and O–H groups in total. The number of methoxy groups -OCH3 is 2. The summed E-state index contributed by atoms with van der Waals surface area (Å²) in [5.74, 6) is -0.523. The van der Waals surface area contributed by atoms with E-state index in [2.05, 4.69) is 0 Å². The van der Waals surface area contributed by atoms with Crippen molar-refractivity contribution < 1.29 is 23.9 Å². The first-order chi connectivity index (χ1) is 14.2. The van der Waals surface area contributed by atoms with Crippen molar-refractivity contribution in [1.29, 1.82) is 0 Å². The molecule has 0 unspecified atom stereocenters. The second-order valence-corrected chi connectivity index (χ2v) is 7.22. The molecular weight excluding hydrogens is 384 g/mol. The smallest absolute Gasteiger partial charge is 0.354 e. The molecule has 0 aliphatic heterocycles. The summed E-state index contributed by atoms with van der Waals surface area (Å²) in [7, 11) is 4.54. The zero-order valence-corrected chi connectivity index (χ0v) is 18.7. The molecule has 0 aliphatic rings. The molecule has 1 aromatic carbocycles. The maximum Gasteiger partial charge on any atom is 0.354 e. The lowest BCUT2D eigenvalue weighted by atomic mass is 9.99. The van der Waals surface area contributed by atoms with E-state index in [1.165, 1.54) is 14.2 Å². The molecule has 7 heteroatoms. The highest BCUT2D eigenvalue weighted by Crippen LogP contribution is 2.26. The van der Waals surface area contributed by atoms with Gasteiger partial charge in [-0.25, -0.2) is 4.79 Å². The Morgan fingerprint density at radius 3 is 2.33 bits per heavy atom. The number of hydrogen-bond acceptors (Lipinski definition) is 5. The number of benzene rings is 1. The predicted molar refractivity (Wildman–Crippen MR) is 114 cm³/mol. The molecule has 0 fully saturated rings. The monoisotopic (exact) mass is 414 g/mol. The number of ketones is 1. The SMILES string of the molecule is CCCN(C(=O)c1ccccc1OC)[C@H](C)C(=O)c1c(C)c(C(=O)OC)n(C)c1C. The Morgan fingerprint density at radius 1 is 1.13 bits per heavy atom. The Balaban J connectivity index is 2.48. The number of carbonyl (C=O) groups is 3. The van der Waals surface area contributed by atoms with Crippen LogP contribution < -0.4 is 4.74 Å². The van der Waals surface area contributed by atoms with Crippen molar-refractivity contribution in [3.63, 3.8) is 0 Å². The van der Waals surface area contributed by atoms with Crippen LogP contribution in [0, 0.1) is 13.8 Å². The van der Waals surface area contributed by atoms with Crippen LogP contribution in [0.3, 0.4) is 0 Å². The van der Waals surface area contributed by atoms with E-state index in [4.69, 9.17) is 9.47 Å². The Kier molecular flexibility index (Phi) is 7.43. The minimum Gasteiger partial charge on any atom is -0.496 e. The summed E-state index contributed by atoms with van der Waals surface area (Å²) in [6, 6.07) is 6.25. The highest BCUT2D eigenvalue weighted by atomic mass is 16.5. The van der Waals surface area contributed by atoms with Gasteiger partial charge in [-0.15, -0.1) is 0 Å². The van der Waals surface area contributed by atoms with Gasteiger partial charge in [0.1, 0.15) is 11.4 Å². The fraction of sp³-hybridized carbons (Fsp3) is 0.435. The normalized spacial score (nSPS) is 11.7. The van der Waals surface area contributed by atoms with E-state index in [0.29, 0.717) is 46.8 Å². The number of carbonyl (C=O) groups excluding carboxylic acids is 3. The van der Waals surface area contributed by atoms with Crippen LogP contribution in [0.15, 0.2) is 24.3 Å². The van der Waals surface area contributed by atoms with Crippen LogP contribution in [0.4, 0.5) is 0 Å². The lowest BCUT2D eigenvalue weighted by Gasteiger charge is -2.29. The second kappa shape index (κ2) is 9.61. The summed E-state index contributed by atoms with van der Waals surface area (Å²) in [5.41, 5.74) is 2.40. The van der Waals surface area contributed by atoms with Gasteiger partial charge in [0, 0.05) is 24.8 Å². The third-order valence-corrected chi connectivity index (χ3v) is 5.47. The molecule has 1 amide bonds. The van der Waals surface area contributed by atoms with Gasteiger partial charge in [0.15, 0.2) is 5.78 Å². The fourth-order valence-corrected chi connectivity index (χ4v) is 3.76. The fourth-order valence-electron chi connectivity index (χ4n) is 3.76. The molecule has 0 bridgehead atoms. The number of para-hydroxylation sites is 1. The number of ether oxygens (including phenoxy) is 2. The first kappa shape index (κ1) is 23.2. The maximum absolute atomic E-state index is 13.5. The van der Waals surface area contributed by atoms with Gasteiger partial charge in [0.25, 0.3) is 5.91 Å². The van der Waals surface area contributed by atoms with E-state index in [9.17, 15) is 14.4 Å². The number of aromatic nitrogens is 1. The Bertz CT molecular complexity index is 961. The van der Waals surface area contributed by atoms with Gasteiger partial charge < -0.3 is 18.9 Å². The molecule has 0 saturated heterocycles. The van der Waals surface area contributed by atoms with Crippen molar-refractivity contribution in [3.05, 3.63) is 52.3 Å². The van der Waals surface area contributed by atoms with E-state index in [0.717, 1.165) is 0 Å². The molecule has 2 aromatic rings. The molecule has 30 heavy (non-hydrogen) atoms. The number of rotatable bonds is 8. The average Bonchev–Trinajstić information content (AvgIpc) is 2.98. The molecule has 0 spiro atoms. The van der Waals surface area contributed by atoms with Gasteiger partial charge in [-0.1, -0.05) is 19.1 Å². The molecule has 0 saturated carbocycles. The number of amides is 1. The Labute approximate surface area is 177 Å². The second-order valence-electron chi connectivity index (χ2n) is 7.22. The number of nitrogens with zero attached hydrogens (tertiary/aromatic N) is 2. The van der Waals surface area contributed by atoms with Crippen molar-refractivity contribution in [2.45, 2.75) is 40.2 Å². The van der Waals surface area contributed by atoms with Crippen molar-refractivity contribution >= 4 is 17.7 Å². The quantitative estimate of drug-likeness (QED) is 0.488. The van der Waals surface area contributed by atoms with Gasteiger partial charge in [-0.2, -0.15) is 0 Å². The Hall–Kier alpha value is -3.09. The van der Waals surface area contributed by atoms with Crippen LogP contribution in [-0.2, 0) is 11.8 Å². The van der Waals surface area contributed by atoms with Crippen LogP contribution >= 0.6 is 0 Å². The largest absolute Gasteiger partial charge is 0.496 e. The molecule has 1 atom stereocenters. The van der Waals surface area contributed by atoms with Gasteiger partial charge in [0.2, 0.25) is 0 Å². The third kappa shape index (κ3) is 4.10. The van der Waals surface area contributed by atoms with Gasteiger partial charge in [-0.3, -0.25) is 9.59 Å². The zero-order chi connectivity index (χ0) is 22.6. The van der Waals surface area contributed by atoms with Crippen LogP contribution in [0.25, 0.3) is 0 Å². The molecular formula is C23H30N2O5. The van der Waals surface area contributed by atoms with E-state index in [1.807, 2.05) is 6.92 Å². The third-order valence-electron chi connectivity index (χ3n) is 5.47. The summed E-state index contributed by atoms with van der Waals surface area (Å²) in [5, 5.41) is 0. The van der Waals surface area contributed by atoms with Crippen molar-refractivity contribution in [2.24, 2.45) is 7.05 Å². The molecule has 1 aromatic heterocycles. The molecule has 2 rings (SSSR count). The molecule has 162 valence electrons. The summed E-state index contributed by atoms with van der Waals surface area (Å²) in [6.07, 6.45) is 0.693. The number of Topliss-reactive ketones (excluding diaryl/α,β-unsaturated/α-hetero) is 1. The number of esters is 1.